The van der Waals surface area contributed by atoms with Crippen LogP contribution in [0.1, 0.15) is 29.7 Å². The lowest BCUT2D eigenvalue weighted by Gasteiger charge is -2.18. The molecule has 0 saturated carbocycles. The van der Waals surface area contributed by atoms with Crippen LogP contribution >= 0.6 is 0 Å². The molecular weight excluding hydrogens is 438 g/mol. The fraction of sp³-hybridized carbons (Fsp3) is 0.250. The minimum absolute atomic E-state index is 0.0938. The number of amides is 1. The normalized spacial score (nSPS) is 11.1. The summed E-state index contributed by atoms with van der Waals surface area (Å²) in [5, 5.41) is 16.8. The molecule has 0 radical (unpaired) electrons. The number of carbonyl (C=O) groups excluding carboxylic acids is 1. The van der Waals surface area contributed by atoms with E-state index in [2.05, 4.69) is 5.32 Å². The second-order valence-electron chi connectivity index (χ2n) is 6.19. The Hall–Kier alpha value is -3.67. The summed E-state index contributed by atoms with van der Waals surface area (Å²) in [7, 11) is 2.27. The van der Waals surface area contributed by atoms with Crippen LogP contribution in [0.2, 0.25) is 0 Å². The number of methoxy groups -OCH3 is 2. The molecule has 174 valence electrons. The second-order valence-corrected chi connectivity index (χ2v) is 6.19. The Morgan fingerprint density at radius 1 is 1.06 bits per heavy atom. The summed E-state index contributed by atoms with van der Waals surface area (Å²) in [6, 6.07) is 3.42. The molecule has 0 aliphatic carbocycles. The van der Waals surface area contributed by atoms with E-state index < -0.39 is 64.8 Å². The van der Waals surface area contributed by atoms with E-state index in [9.17, 15) is 22.4 Å². The Kier molecular flexibility index (Phi) is 9.60. The van der Waals surface area contributed by atoms with Gasteiger partial charge in [-0.15, -0.1) is 0 Å². The standard InChI is InChI=1S/C18H17F4N3O3.C2H4O2/c1-27-9-5-13(21)15(14(22)6-9)16(28-2)18(26)25-7-10-11(19)3-8(17(23)24)4-12(10)20;1-2(3)4/h3-6,16H,7H2,1-2H3,(H3,23,24)(H,25,26);1H3,(H,3,4). The Balaban J connectivity index is 0.00000118. The lowest BCUT2D eigenvalue weighted by molar-refractivity contribution is -0.134. The van der Waals surface area contributed by atoms with E-state index in [1.54, 1.807) is 0 Å². The zero-order chi connectivity index (χ0) is 24.6. The molecule has 0 aliphatic heterocycles. The van der Waals surface area contributed by atoms with E-state index in [1.807, 2.05) is 0 Å². The summed E-state index contributed by atoms with van der Waals surface area (Å²) in [6.07, 6.45) is -1.70. The van der Waals surface area contributed by atoms with Gasteiger partial charge in [0.1, 0.15) is 34.9 Å². The number of amidine groups is 1. The van der Waals surface area contributed by atoms with Gasteiger partial charge in [-0.25, -0.2) is 17.6 Å². The predicted molar refractivity (Wildman–Crippen MR) is 105 cm³/mol. The number of nitrogens with two attached hydrogens (primary N) is 1. The first-order chi connectivity index (χ1) is 14.9. The van der Waals surface area contributed by atoms with Crippen LogP contribution in [0, 0.1) is 28.7 Å². The van der Waals surface area contributed by atoms with Gasteiger partial charge in [0.15, 0.2) is 6.10 Å². The minimum atomic E-state index is -1.70. The number of carboxylic acids is 1. The molecule has 0 fully saturated rings. The van der Waals surface area contributed by atoms with Gasteiger partial charge < -0.3 is 25.6 Å². The van der Waals surface area contributed by atoms with Crippen molar-refractivity contribution in [1.29, 1.82) is 5.41 Å². The first-order valence-corrected chi connectivity index (χ1v) is 8.78. The molecule has 8 nitrogen and oxygen atoms in total. The summed E-state index contributed by atoms with van der Waals surface area (Å²) in [5.41, 5.74) is 3.83. The number of aliphatic carboxylic acids is 1. The van der Waals surface area contributed by atoms with E-state index >= 15 is 0 Å². The van der Waals surface area contributed by atoms with Gasteiger partial charge in [0.05, 0.1) is 12.7 Å². The maximum absolute atomic E-state index is 14.2. The lowest BCUT2D eigenvalue weighted by atomic mass is 10.1. The highest BCUT2D eigenvalue weighted by atomic mass is 19.1. The molecule has 0 aliphatic rings. The molecule has 32 heavy (non-hydrogen) atoms. The number of carbonyl (C=O) groups is 2. The summed E-state index contributed by atoms with van der Waals surface area (Å²) < 4.78 is 66.0. The van der Waals surface area contributed by atoms with Gasteiger partial charge >= 0.3 is 0 Å². The third-order valence-corrected chi connectivity index (χ3v) is 3.92. The van der Waals surface area contributed by atoms with Crippen molar-refractivity contribution in [1.82, 2.24) is 5.32 Å². The zero-order valence-electron chi connectivity index (χ0n) is 17.3. The molecule has 1 unspecified atom stereocenters. The zero-order valence-corrected chi connectivity index (χ0v) is 17.3. The van der Waals surface area contributed by atoms with Crippen LogP contribution in [0.15, 0.2) is 24.3 Å². The van der Waals surface area contributed by atoms with Gasteiger partial charge in [0, 0.05) is 43.8 Å². The Bertz CT molecular complexity index is 967. The number of hydrogen-bond donors (Lipinski definition) is 4. The smallest absolute Gasteiger partial charge is 0.300 e. The van der Waals surface area contributed by atoms with Crippen LogP contribution in [0.4, 0.5) is 17.6 Å². The Labute approximate surface area is 180 Å². The summed E-state index contributed by atoms with van der Waals surface area (Å²) in [6.45, 7) is 0.466. The molecule has 2 aromatic rings. The van der Waals surface area contributed by atoms with Crippen LogP contribution < -0.4 is 15.8 Å². The van der Waals surface area contributed by atoms with Crippen LogP contribution in [-0.2, 0) is 20.9 Å². The Morgan fingerprint density at radius 3 is 1.91 bits per heavy atom. The van der Waals surface area contributed by atoms with Gasteiger partial charge in [0.2, 0.25) is 0 Å². The highest BCUT2D eigenvalue weighted by Gasteiger charge is 2.28. The molecule has 1 atom stereocenters. The third-order valence-electron chi connectivity index (χ3n) is 3.92. The highest BCUT2D eigenvalue weighted by Crippen LogP contribution is 2.28. The number of hydrogen-bond acceptors (Lipinski definition) is 5. The van der Waals surface area contributed by atoms with Crippen molar-refractivity contribution in [3.8, 4) is 5.75 Å². The fourth-order valence-corrected chi connectivity index (χ4v) is 2.48. The molecule has 1 amide bonds. The molecule has 5 N–H and O–H groups in total. The average molecular weight is 459 g/mol. The molecule has 12 heteroatoms. The topological polar surface area (TPSA) is 135 Å². The molecular formula is C20H21F4N3O5. The van der Waals surface area contributed by atoms with E-state index in [0.717, 1.165) is 38.3 Å². The maximum Gasteiger partial charge on any atom is 0.300 e. The van der Waals surface area contributed by atoms with E-state index in [1.165, 1.54) is 7.11 Å². The number of benzene rings is 2. The number of rotatable bonds is 7. The number of nitrogens with one attached hydrogen (secondary N) is 2. The van der Waals surface area contributed by atoms with Crippen molar-refractivity contribution in [3.63, 3.8) is 0 Å². The molecule has 0 heterocycles. The van der Waals surface area contributed by atoms with Gasteiger partial charge in [-0.05, 0) is 12.1 Å². The molecule has 2 aromatic carbocycles. The van der Waals surface area contributed by atoms with Crippen molar-refractivity contribution in [2.75, 3.05) is 14.2 Å². The number of carboxylic acid groups (broad SMARTS) is 1. The highest BCUT2D eigenvalue weighted by molar-refractivity contribution is 5.95. The largest absolute Gasteiger partial charge is 0.497 e. The molecule has 0 bridgehead atoms. The summed E-state index contributed by atoms with van der Waals surface area (Å²) in [5.74, 6) is -6.71. The predicted octanol–water partition coefficient (Wildman–Crippen LogP) is 2.63. The van der Waals surface area contributed by atoms with Crippen molar-refractivity contribution < 1.29 is 41.7 Å². The van der Waals surface area contributed by atoms with Crippen molar-refractivity contribution in [2.24, 2.45) is 5.73 Å². The van der Waals surface area contributed by atoms with Gasteiger partial charge in [-0.2, -0.15) is 0 Å². The quantitative estimate of drug-likeness (QED) is 0.286. The maximum atomic E-state index is 14.2. The number of ether oxygens (including phenoxy) is 2. The first kappa shape index (κ1) is 26.4. The fourth-order valence-electron chi connectivity index (χ4n) is 2.48. The van der Waals surface area contributed by atoms with Crippen molar-refractivity contribution >= 4 is 17.7 Å². The van der Waals surface area contributed by atoms with Crippen LogP contribution in [-0.4, -0.2) is 37.0 Å². The van der Waals surface area contributed by atoms with Gasteiger partial charge in [-0.3, -0.25) is 15.0 Å². The van der Waals surface area contributed by atoms with Crippen LogP contribution in [0.25, 0.3) is 0 Å². The van der Waals surface area contributed by atoms with E-state index in [-0.39, 0.29) is 11.3 Å². The number of halogens is 4. The lowest BCUT2D eigenvalue weighted by Crippen LogP contribution is -2.31. The average Bonchev–Trinajstić information content (AvgIpc) is 2.68. The second kappa shape index (κ2) is 11.6. The monoisotopic (exact) mass is 459 g/mol. The summed E-state index contributed by atoms with van der Waals surface area (Å²) >= 11 is 0. The van der Waals surface area contributed by atoms with Crippen molar-refractivity contribution in [3.05, 3.63) is 64.2 Å². The minimum Gasteiger partial charge on any atom is -0.497 e. The third kappa shape index (κ3) is 6.94. The van der Waals surface area contributed by atoms with Gasteiger partial charge in [-0.1, -0.05) is 0 Å². The number of nitrogen functional groups attached to an aromatic ring is 1. The van der Waals surface area contributed by atoms with Crippen LogP contribution in [0.3, 0.4) is 0 Å². The first-order valence-electron chi connectivity index (χ1n) is 8.78. The van der Waals surface area contributed by atoms with E-state index in [0.29, 0.717) is 0 Å². The van der Waals surface area contributed by atoms with Crippen LogP contribution in [0.5, 0.6) is 5.75 Å². The SMILES string of the molecule is CC(=O)O.COc1cc(F)c(C(OC)C(=O)NCc2c(F)cc(C(=N)N)cc2F)c(F)c1. The molecule has 0 spiro atoms. The summed E-state index contributed by atoms with van der Waals surface area (Å²) in [4.78, 5) is 21.3. The van der Waals surface area contributed by atoms with E-state index in [4.69, 9.17) is 30.5 Å². The van der Waals surface area contributed by atoms with Gasteiger partial charge in [0.25, 0.3) is 11.9 Å². The Morgan fingerprint density at radius 2 is 1.53 bits per heavy atom. The van der Waals surface area contributed by atoms with Crippen molar-refractivity contribution in [2.45, 2.75) is 19.6 Å². The molecule has 0 saturated heterocycles. The molecule has 0 aromatic heterocycles. The molecule has 2 rings (SSSR count).